The Labute approximate surface area is 177 Å². The molecule has 0 spiro atoms. The average Bonchev–Trinajstić information content (AvgIpc) is 3.04. The van der Waals surface area contributed by atoms with Gasteiger partial charge >= 0.3 is 5.97 Å². The first-order chi connectivity index (χ1) is 13.8. The molecule has 0 aromatic heterocycles. The van der Waals surface area contributed by atoms with Crippen molar-refractivity contribution in [3.63, 3.8) is 0 Å². The summed E-state index contributed by atoms with van der Waals surface area (Å²) in [5.41, 5.74) is 2.17. The number of esters is 1. The van der Waals surface area contributed by atoms with Crippen LogP contribution >= 0.6 is 0 Å². The van der Waals surface area contributed by atoms with Crippen LogP contribution in [0.15, 0.2) is 11.6 Å². The van der Waals surface area contributed by atoms with E-state index in [1.54, 1.807) is 0 Å². The van der Waals surface area contributed by atoms with Gasteiger partial charge in [0, 0.05) is 12.8 Å². The van der Waals surface area contributed by atoms with Crippen molar-refractivity contribution in [2.75, 3.05) is 6.61 Å². The number of hydrogen-bond donors (Lipinski definition) is 0. The Hall–Kier alpha value is -1.12. The van der Waals surface area contributed by atoms with E-state index in [1.807, 2.05) is 13.0 Å². The molecule has 0 N–H and O–H groups in total. The highest BCUT2D eigenvalue weighted by molar-refractivity contribution is 5.91. The van der Waals surface area contributed by atoms with E-state index >= 15 is 0 Å². The van der Waals surface area contributed by atoms with Crippen LogP contribution in [-0.4, -0.2) is 18.4 Å². The molecule has 0 unspecified atom stereocenters. The van der Waals surface area contributed by atoms with Crippen LogP contribution in [0.3, 0.4) is 0 Å². The first-order valence-electron chi connectivity index (χ1n) is 12.2. The zero-order valence-electron chi connectivity index (χ0n) is 19.0. The van der Waals surface area contributed by atoms with Crippen LogP contribution in [0.5, 0.6) is 0 Å². The molecule has 4 aliphatic carbocycles. The van der Waals surface area contributed by atoms with Gasteiger partial charge in [-0.15, -0.1) is 0 Å². The topological polar surface area (TPSA) is 43.4 Å². The van der Waals surface area contributed by atoms with Gasteiger partial charge in [0.2, 0.25) is 0 Å². The van der Waals surface area contributed by atoms with E-state index in [0.717, 1.165) is 49.4 Å². The Morgan fingerprint density at radius 3 is 2.69 bits per heavy atom. The lowest BCUT2D eigenvalue weighted by molar-refractivity contribution is -0.143. The summed E-state index contributed by atoms with van der Waals surface area (Å²) in [7, 11) is 0. The molecule has 0 aliphatic heterocycles. The van der Waals surface area contributed by atoms with E-state index in [-0.39, 0.29) is 11.4 Å². The molecule has 7 atom stereocenters. The molecule has 3 fully saturated rings. The lowest BCUT2D eigenvalue weighted by Gasteiger charge is -2.58. The number of ketones is 1. The Bertz CT molecular complexity index is 694. The minimum atomic E-state index is -0.0332. The molecule has 3 nitrogen and oxygen atoms in total. The summed E-state index contributed by atoms with van der Waals surface area (Å²) in [6, 6.07) is 0. The van der Waals surface area contributed by atoms with Gasteiger partial charge in [-0.25, -0.2) is 0 Å². The zero-order chi connectivity index (χ0) is 20.8. The molecule has 0 heterocycles. The van der Waals surface area contributed by atoms with Crippen molar-refractivity contribution in [1.29, 1.82) is 0 Å². The monoisotopic (exact) mass is 400 g/mol. The second-order valence-electron chi connectivity index (χ2n) is 11.0. The fourth-order valence-electron chi connectivity index (χ4n) is 8.31. The minimum absolute atomic E-state index is 0.0332. The summed E-state index contributed by atoms with van der Waals surface area (Å²) in [4.78, 5) is 23.9. The number of hydrogen-bond acceptors (Lipinski definition) is 3. The maximum atomic E-state index is 12.0. The summed E-state index contributed by atoms with van der Waals surface area (Å²) in [6.07, 6.45) is 13.1. The van der Waals surface area contributed by atoms with Crippen molar-refractivity contribution in [2.24, 2.45) is 40.4 Å². The van der Waals surface area contributed by atoms with Crippen LogP contribution in [0.25, 0.3) is 0 Å². The predicted octanol–water partition coefficient (Wildman–Crippen LogP) is 6.11. The number of carbonyl (C=O) groups excluding carboxylic acids is 2. The molecular formula is C26H40O3. The van der Waals surface area contributed by atoms with E-state index in [9.17, 15) is 9.59 Å². The van der Waals surface area contributed by atoms with Crippen molar-refractivity contribution in [3.8, 4) is 0 Å². The van der Waals surface area contributed by atoms with Crippen molar-refractivity contribution in [3.05, 3.63) is 11.6 Å². The predicted molar refractivity (Wildman–Crippen MR) is 115 cm³/mol. The van der Waals surface area contributed by atoms with E-state index in [4.69, 9.17) is 4.74 Å². The van der Waals surface area contributed by atoms with Gasteiger partial charge in [-0.05, 0) is 105 Å². The maximum absolute atomic E-state index is 12.0. The smallest absolute Gasteiger partial charge is 0.305 e. The third kappa shape index (κ3) is 3.51. The molecule has 0 bridgehead atoms. The summed E-state index contributed by atoms with van der Waals surface area (Å²) in [6.45, 7) is 9.79. The molecule has 0 radical (unpaired) electrons. The summed E-state index contributed by atoms with van der Waals surface area (Å²) in [5, 5.41) is 0. The molecule has 0 amide bonds. The minimum Gasteiger partial charge on any atom is -0.466 e. The van der Waals surface area contributed by atoms with Crippen LogP contribution in [0.4, 0.5) is 0 Å². The van der Waals surface area contributed by atoms with Gasteiger partial charge in [0.25, 0.3) is 0 Å². The maximum Gasteiger partial charge on any atom is 0.305 e. The van der Waals surface area contributed by atoms with Crippen LogP contribution in [0, 0.1) is 40.4 Å². The highest BCUT2D eigenvalue weighted by Crippen LogP contribution is 2.67. The first-order valence-corrected chi connectivity index (χ1v) is 12.2. The number of carbonyl (C=O) groups is 2. The van der Waals surface area contributed by atoms with E-state index in [0.29, 0.717) is 30.1 Å². The van der Waals surface area contributed by atoms with Gasteiger partial charge in [0.15, 0.2) is 5.78 Å². The fraction of sp³-hybridized carbons (Fsp3) is 0.846. The summed E-state index contributed by atoms with van der Waals surface area (Å²) in [5.74, 6) is 4.07. The van der Waals surface area contributed by atoms with Crippen LogP contribution in [-0.2, 0) is 14.3 Å². The largest absolute Gasteiger partial charge is 0.466 e. The van der Waals surface area contributed by atoms with Crippen LogP contribution in [0.2, 0.25) is 0 Å². The normalized spacial score (nSPS) is 42.3. The molecule has 162 valence electrons. The number of ether oxygens (including phenoxy) is 1. The quantitative estimate of drug-likeness (QED) is 0.523. The van der Waals surface area contributed by atoms with Crippen LogP contribution in [0.1, 0.15) is 91.9 Å². The molecule has 0 aromatic carbocycles. The molecule has 29 heavy (non-hydrogen) atoms. The zero-order valence-corrected chi connectivity index (χ0v) is 19.0. The number of fused-ring (bicyclic) bond motifs is 5. The Balaban J connectivity index is 1.48. The second kappa shape index (κ2) is 7.85. The lowest BCUT2D eigenvalue weighted by Crippen LogP contribution is -2.51. The Morgan fingerprint density at radius 2 is 1.93 bits per heavy atom. The SMILES string of the molecule is CCOC(=O)CC[C@@H](C)[C@@H]1CC[C@H]2[C@H]3CCC4=CC(=O)CC[C@]4(C)[C@@H]3CC[C@@]21C. The van der Waals surface area contributed by atoms with Gasteiger partial charge in [0.1, 0.15) is 0 Å². The summed E-state index contributed by atoms with van der Waals surface area (Å²) < 4.78 is 5.16. The number of rotatable bonds is 5. The molecule has 0 aromatic rings. The standard InChI is InChI=1S/C26H40O3/c1-5-29-24(28)11-6-17(2)21-9-10-22-20-8-7-18-16-19(27)12-14-25(18,3)23(20)13-15-26(21,22)4/h16-17,20-23H,5-15H2,1-4H3/t17-,20-,21+,22+,23-,25+,26-/m1/s1. The highest BCUT2D eigenvalue weighted by atomic mass is 16.5. The number of allylic oxidation sites excluding steroid dienone is 1. The first kappa shape index (κ1) is 21.1. The molecule has 0 saturated heterocycles. The lowest BCUT2D eigenvalue weighted by atomic mass is 9.46. The second-order valence-corrected chi connectivity index (χ2v) is 11.0. The highest BCUT2D eigenvalue weighted by Gasteiger charge is 2.59. The van der Waals surface area contributed by atoms with Gasteiger partial charge < -0.3 is 4.74 Å². The molecule has 3 heteroatoms. The van der Waals surface area contributed by atoms with Gasteiger partial charge in [-0.2, -0.15) is 0 Å². The van der Waals surface area contributed by atoms with Crippen molar-refractivity contribution in [2.45, 2.75) is 91.9 Å². The average molecular weight is 401 g/mol. The molecule has 4 rings (SSSR count). The van der Waals surface area contributed by atoms with Crippen LogP contribution < -0.4 is 0 Å². The van der Waals surface area contributed by atoms with Gasteiger partial charge in [0.05, 0.1) is 6.61 Å². The third-order valence-electron chi connectivity index (χ3n) is 9.83. The summed E-state index contributed by atoms with van der Waals surface area (Å²) >= 11 is 0. The van der Waals surface area contributed by atoms with Gasteiger partial charge in [-0.1, -0.05) is 26.3 Å². The fourth-order valence-corrected chi connectivity index (χ4v) is 8.31. The van der Waals surface area contributed by atoms with E-state index in [1.165, 1.54) is 37.7 Å². The van der Waals surface area contributed by atoms with Crippen molar-refractivity contribution >= 4 is 11.8 Å². The molecular weight excluding hydrogens is 360 g/mol. The molecule has 4 aliphatic rings. The van der Waals surface area contributed by atoms with Crippen molar-refractivity contribution < 1.29 is 14.3 Å². The van der Waals surface area contributed by atoms with Crippen molar-refractivity contribution in [1.82, 2.24) is 0 Å². The Morgan fingerprint density at radius 1 is 1.14 bits per heavy atom. The van der Waals surface area contributed by atoms with E-state index in [2.05, 4.69) is 20.8 Å². The third-order valence-corrected chi connectivity index (χ3v) is 9.83. The molecule has 3 saturated carbocycles. The van der Waals surface area contributed by atoms with E-state index < -0.39 is 0 Å². The van der Waals surface area contributed by atoms with Gasteiger partial charge in [-0.3, -0.25) is 9.59 Å². The Kier molecular flexibility index (Phi) is 5.72.